The third-order valence-corrected chi connectivity index (χ3v) is 3.18. The summed E-state index contributed by atoms with van der Waals surface area (Å²) in [5, 5.41) is 0. The molecule has 0 bridgehead atoms. The number of hydrogen-bond donors (Lipinski definition) is 0. The van der Waals surface area contributed by atoms with Crippen LogP contribution in [-0.2, 0) is 4.74 Å². The van der Waals surface area contributed by atoms with Gasteiger partial charge in [0.05, 0.1) is 0 Å². The van der Waals surface area contributed by atoms with E-state index >= 15 is 0 Å². The summed E-state index contributed by atoms with van der Waals surface area (Å²) in [5.41, 5.74) is 0.0433. The molecule has 0 N–H and O–H groups in total. The number of fused-ring (bicyclic) bond motifs is 1. The normalized spacial score (nSPS) is 35.4. The van der Waals surface area contributed by atoms with Crippen molar-refractivity contribution >= 4 is 6.09 Å². The Balaban J connectivity index is 1.89. The predicted octanol–water partition coefficient (Wildman–Crippen LogP) is 2.26. The second-order valence-corrected chi connectivity index (χ2v) is 5.92. The number of carbonyl (C=O) groups excluding carboxylic acids is 1. The minimum absolute atomic E-state index is 0.147. The van der Waals surface area contributed by atoms with Gasteiger partial charge in [0.2, 0.25) is 0 Å². The van der Waals surface area contributed by atoms with Gasteiger partial charge in [-0.05, 0) is 38.5 Å². The van der Waals surface area contributed by atoms with Gasteiger partial charge in [0.15, 0.2) is 0 Å². The number of likely N-dealkylation sites (tertiary alicyclic amines) is 1. The highest BCUT2D eigenvalue weighted by atomic mass is 16.6. The van der Waals surface area contributed by atoms with Gasteiger partial charge in [-0.1, -0.05) is 6.92 Å². The quantitative estimate of drug-likeness (QED) is 0.596. The first-order chi connectivity index (χ1) is 6.30. The Morgan fingerprint density at radius 1 is 1.50 bits per heavy atom. The molecule has 1 saturated carbocycles. The van der Waals surface area contributed by atoms with Gasteiger partial charge < -0.3 is 9.64 Å². The van der Waals surface area contributed by atoms with Crippen molar-refractivity contribution in [2.75, 3.05) is 13.1 Å². The van der Waals surface area contributed by atoms with Crippen molar-refractivity contribution in [1.82, 2.24) is 4.90 Å². The second kappa shape index (κ2) is 2.65. The Bertz CT molecular complexity index is 269. The van der Waals surface area contributed by atoms with E-state index in [1.807, 2.05) is 25.7 Å². The average Bonchev–Trinajstić information content (AvgIpc) is 2.47. The zero-order valence-electron chi connectivity index (χ0n) is 9.46. The molecule has 3 heteroatoms. The van der Waals surface area contributed by atoms with Gasteiger partial charge >= 0.3 is 6.09 Å². The van der Waals surface area contributed by atoms with Crippen LogP contribution in [-0.4, -0.2) is 29.7 Å². The van der Waals surface area contributed by atoms with Crippen molar-refractivity contribution in [3.8, 4) is 0 Å². The minimum Gasteiger partial charge on any atom is -0.444 e. The minimum atomic E-state index is -0.370. The number of amides is 1. The van der Waals surface area contributed by atoms with E-state index in [9.17, 15) is 4.79 Å². The van der Waals surface area contributed by atoms with Crippen molar-refractivity contribution in [2.45, 2.75) is 39.7 Å². The van der Waals surface area contributed by atoms with E-state index in [4.69, 9.17) is 4.74 Å². The molecule has 1 saturated heterocycles. The predicted molar refractivity (Wildman–Crippen MR) is 54.0 cm³/mol. The summed E-state index contributed by atoms with van der Waals surface area (Å²) in [6, 6.07) is 0. The maximum atomic E-state index is 11.7. The molecule has 1 unspecified atom stereocenters. The first-order valence-electron chi connectivity index (χ1n) is 5.28. The second-order valence-electron chi connectivity index (χ2n) is 5.92. The molecule has 0 aromatic rings. The molecule has 0 radical (unpaired) electrons. The Morgan fingerprint density at radius 3 is 2.57 bits per heavy atom. The molecule has 0 aromatic carbocycles. The summed E-state index contributed by atoms with van der Waals surface area (Å²) in [7, 11) is 0. The highest BCUT2D eigenvalue weighted by Crippen LogP contribution is 2.57. The molecule has 2 aliphatic rings. The molecule has 0 aromatic heterocycles. The molecule has 1 aliphatic carbocycles. The van der Waals surface area contributed by atoms with Crippen LogP contribution in [0.5, 0.6) is 0 Å². The van der Waals surface area contributed by atoms with Gasteiger partial charge in [0, 0.05) is 13.1 Å². The molecule has 2 fully saturated rings. The summed E-state index contributed by atoms with van der Waals surface area (Å²) in [6.45, 7) is 9.75. The lowest BCUT2D eigenvalue weighted by Crippen LogP contribution is -2.37. The van der Waals surface area contributed by atoms with E-state index in [-0.39, 0.29) is 11.7 Å². The van der Waals surface area contributed by atoms with Crippen LogP contribution < -0.4 is 0 Å². The van der Waals surface area contributed by atoms with Crippen molar-refractivity contribution in [1.29, 1.82) is 0 Å². The largest absolute Gasteiger partial charge is 0.444 e. The van der Waals surface area contributed by atoms with E-state index in [1.165, 1.54) is 6.42 Å². The van der Waals surface area contributed by atoms with Gasteiger partial charge in [-0.15, -0.1) is 0 Å². The van der Waals surface area contributed by atoms with Crippen molar-refractivity contribution in [2.24, 2.45) is 11.3 Å². The standard InChI is InChI=1S/C11H19NO2/c1-10(2,3)14-9(13)12-6-8-5-11(8,4)7-12/h8H,5-7H2,1-4H3/t8-,11?/m1/s1. The van der Waals surface area contributed by atoms with E-state index in [0.29, 0.717) is 5.41 Å². The summed E-state index contributed by atoms with van der Waals surface area (Å²) >= 11 is 0. The third kappa shape index (κ3) is 1.72. The SMILES string of the molecule is CC(C)(C)OC(=O)N1C[C@H]2CC2(C)C1. The molecular weight excluding hydrogens is 178 g/mol. The summed E-state index contributed by atoms with van der Waals surface area (Å²) in [4.78, 5) is 13.5. The zero-order chi connectivity index (χ0) is 10.6. The Labute approximate surface area is 85.4 Å². The maximum absolute atomic E-state index is 11.7. The lowest BCUT2D eigenvalue weighted by atomic mass is 10.1. The number of nitrogens with zero attached hydrogens (tertiary/aromatic N) is 1. The molecule has 2 rings (SSSR count). The van der Waals surface area contributed by atoms with Crippen molar-refractivity contribution in [3.05, 3.63) is 0 Å². The van der Waals surface area contributed by atoms with Gasteiger partial charge in [-0.2, -0.15) is 0 Å². The molecule has 1 aliphatic heterocycles. The summed E-state index contributed by atoms with van der Waals surface area (Å²) in [5.74, 6) is 0.731. The molecule has 3 nitrogen and oxygen atoms in total. The third-order valence-electron chi connectivity index (χ3n) is 3.18. The van der Waals surface area contributed by atoms with Gasteiger partial charge in [-0.25, -0.2) is 4.79 Å². The molecular formula is C11H19NO2. The fraction of sp³-hybridized carbons (Fsp3) is 0.909. The Kier molecular flexibility index (Phi) is 1.85. The Hall–Kier alpha value is -0.730. The van der Waals surface area contributed by atoms with Crippen LogP contribution >= 0.6 is 0 Å². The highest BCUT2D eigenvalue weighted by Gasteiger charge is 2.57. The molecule has 2 atom stereocenters. The molecule has 1 heterocycles. The maximum Gasteiger partial charge on any atom is 0.410 e. The van der Waals surface area contributed by atoms with Crippen molar-refractivity contribution < 1.29 is 9.53 Å². The van der Waals surface area contributed by atoms with E-state index in [2.05, 4.69) is 6.92 Å². The van der Waals surface area contributed by atoms with Crippen LogP contribution in [0.4, 0.5) is 4.79 Å². The fourth-order valence-corrected chi connectivity index (χ4v) is 2.21. The van der Waals surface area contributed by atoms with Crippen LogP contribution in [0.15, 0.2) is 0 Å². The number of piperidine rings is 1. The monoisotopic (exact) mass is 197 g/mol. The number of ether oxygens (including phenoxy) is 1. The lowest BCUT2D eigenvalue weighted by Gasteiger charge is -2.25. The molecule has 80 valence electrons. The zero-order valence-corrected chi connectivity index (χ0v) is 9.46. The highest BCUT2D eigenvalue weighted by molar-refractivity contribution is 5.69. The van der Waals surface area contributed by atoms with Gasteiger partial charge in [-0.3, -0.25) is 0 Å². The fourth-order valence-electron chi connectivity index (χ4n) is 2.21. The van der Waals surface area contributed by atoms with Crippen LogP contribution in [0.25, 0.3) is 0 Å². The molecule has 14 heavy (non-hydrogen) atoms. The average molecular weight is 197 g/mol. The van der Waals surface area contributed by atoms with Gasteiger partial charge in [0.1, 0.15) is 5.60 Å². The lowest BCUT2D eigenvalue weighted by molar-refractivity contribution is 0.0264. The van der Waals surface area contributed by atoms with Crippen LogP contribution in [0, 0.1) is 11.3 Å². The van der Waals surface area contributed by atoms with E-state index < -0.39 is 0 Å². The van der Waals surface area contributed by atoms with E-state index in [0.717, 1.165) is 19.0 Å². The van der Waals surface area contributed by atoms with Gasteiger partial charge in [0.25, 0.3) is 0 Å². The van der Waals surface area contributed by atoms with Crippen LogP contribution in [0.3, 0.4) is 0 Å². The molecule has 0 spiro atoms. The first-order valence-corrected chi connectivity index (χ1v) is 5.28. The number of rotatable bonds is 0. The smallest absolute Gasteiger partial charge is 0.410 e. The number of hydrogen-bond acceptors (Lipinski definition) is 2. The Morgan fingerprint density at radius 2 is 2.14 bits per heavy atom. The van der Waals surface area contributed by atoms with E-state index in [1.54, 1.807) is 0 Å². The first kappa shape index (κ1) is 9.81. The summed E-state index contributed by atoms with van der Waals surface area (Å²) in [6.07, 6.45) is 1.14. The molecule has 1 amide bonds. The van der Waals surface area contributed by atoms with Crippen molar-refractivity contribution in [3.63, 3.8) is 0 Å². The topological polar surface area (TPSA) is 29.5 Å². The number of carbonyl (C=O) groups is 1. The van der Waals surface area contributed by atoms with Crippen LogP contribution in [0.1, 0.15) is 34.1 Å². The van der Waals surface area contributed by atoms with Crippen LogP contribution in [0.2, 0.25) is 0 Å². The summed E-state index contributed by atoms with van der Waals surface area (Å²) < 4.78 is 5.32.